The predicted molar refractivity (Wildman–Crippen MR) is 61.1 cm³/mol. The SMILES string of the molecule is CC1(C)CC(=O)CN1C(=O)c1ccc(F)cc1F. The van der Waals surface area contributed by atoms with Crippen molar-refractivity contribution < 1.29 is 18.4 Å². The zero-order chi connectivity index (χ0) is 13.5. The van der Waals surface area contributed by atoms with Gasteiger partial charge in [0.15, 0.2) is 5.78 Å². The highest BCUT2D eigenvalue weighted by Crippen LogP contribution is 2.28. The second-order valence-electron chi connectivity index (χ2n) is 5.04. The van der Waals surface area contributed by atoms with Crippen LogP contribution in [0.1, 0.15) is 30.6 Å². The van der Waals surface area contributed by atoms with Gasteiger partial charge in [-0.2, -0.15) is 0 Å². The number of nitrogens with zero attached hydrogens (tertiary/aromatic N) is 1. The number of hydrogen-bond acceptors (Lipinski definition) is 2. The number of ketones is 1. The molecular weight excluding hydrogens is 240 g/mol. The van der Waals surface area contributed by atoms with E-state index in [4.69, 9.17) is 0 Å². The Bertz CT molecular complexity index is 526. The number of rotatable bonds is 1. The molecule has 1 aliphatic heterocycles. The van der Waals surface area contributed by atoms with Gasteiger partial charge in [0.2, 0.25) is 0 Å². The van der Waals surface area contributed by atoms with E-state index in [1.807, 2.05) is 0 Å². The number of benzene rings is 1. The van der Waals surface area contributed by atoms with Crippen LogP contribution in [0.3, 0.4) is 0 Å². The van der Waals surface area contributed by atoms with Gasteiger partial charge in [0.1, 0.15) is 11.6 Å². The van der Waals surface area contributed by atoms with Crippen LogP contribution in [0.2, 0.25) is 0 Å². The van der Waals surface area contributed by atoms with Crippen molar-refractivity contribution in [1.29, 1.82) is 0 Å². The van der Waals surface area contributed by atoms with Crippen molar-refractivity contribution in [3.05, 3.63) is 35.4 Å². The normalized spacial score (nSPS) is 18.2. The molecule has 0 N–H and O–H groups in total. The Morgan fingerprint density at radius 2 is 2.00 bits per heavy atom. The van der Waals surface area contributed by atoms with E-state index in [0.717, 1.165) is 12.1 Å². The minimum atomic E-state index is -0.907. The van der Waals surface area contributed by atoms with E-state index in [-0.39, 0.29) is 24.3 Å². The van der Waals surface area contributed by atoms with Gasteiger partial charge in [0, 0.05) is 18.0 Å². The lowest BCUT2D eigenvalue weighted by Crippen LogP contribution is -2.43. The summed E-state index contributed by atoms with van der Waals surface area (Å²) >= 11 is 0. The molecule has 1 aromatic carbocycles. The average molecular weight is 253 g/mol. The maximum Gasteiger partial charge on any atom is 0.257 e. The number of likely N-dealkylation sites (tertiary alicyclic amines) is 1. The summed E-state index contributed by atoms with van der Waals surface area (Å²) in [5.41, 5.74) is -0.839. The van der Waals surface area contributed by atoms with Crippen LogP contribution < -0.4 is 0 Å². The molecule has 5 heteroatoms. The summed E-state index contributed by atoms with van der Waals surface area (Å²) < 4.78 is 26.3. The van der Waals surface area contributed by atoms with Crippen molar-refractivity contribution in [2.45, 2.75) is 25.8 Å². The second-order valence-corrected chi connectivity index (χ2v) is 5.04. The van der Waals surface area contributed by atoms with Gasteiger partial charge in [0.25, 0.3) is 5.91 Å². The highest BCUT2D eigenvalue weighted by Gasteiger charge is 2.41. The van der Waals surface area contributed by atoms with Crippen molar-refractivity contribution in [3.63, 3.8) is 0 Å². The van der Waals surface area contributed by atoms with Gasteiger partial charge in [-0.25, -0.2) is 8.78 Å². The van der Waals surface area contributed by atoms with Crippen LogP contribution in [0.4, 0.5) is 8.78 Å². The molecule has 0 aliphatic carbocycles. The zero-order valence-electron chi connectivity index (χ0n) is 10.2. The van der Waals surface area contributed by atoms with Crippen molar-refractivity contribution in [2.24, 2.45) is 0 Å². The van der Waals surface area contributed by atoms with Crippen molar-refractivity contribution in [3.8, 4) is 0 Å². The molecule has 2 rings (SSSR count). The van der Waals surface area contributed by atoms with E-state index in [1.165, 1.54) is 4.90 Å². The Kier molecular flexibility index (Phi) is 2.92. The van der Waals surface area contributed by atoms with Gasteiger partial charge in [-0.1, -0.05) is 0 Å². The van der Waals surface area contributed by atoms with Gasteiger partial charge < -0.3 is 4.90 Å². The Labute approximate surface area is 103 Å². The van der Waals surface area contributed by atoms with E-state index >= 15 is 0 Å². The minimum absolute atomic E-state index is 0.0251. The molecule has 0 bridgehead atoms. The molecule has 0 aromatic heterocycles. The number of carbonyl (C=O) groups is 2. The molecule has 3 nitrogen and oxygen atoms in total. The van der Waals surface area contributed by atoms with E-state index in [0.29, 0.717) is 6.07 Å². The monoisotopic (exact) mass is 253 g/mol. The summed E-state index contributed by atoms with van der Waals surface area (Å²) in [7, 11) is 0. The van der Waals surface area contributed by atoms with Crippen LogP contribution in [-0.4, -0.2) is 28.7 Å². The number of halogens is 2. The lowest BCUT2D eigenvalue weighted by Gasteiger charge is -2.30. The molecular formula is C13H13F2NO2. The third kappa shape index (κ3) is 2.12. The van der Waals surface area contributed by atoms with Crippen molar-refractivity contribution in [2.75, 3.05) is 6.54 Å². The first-order chi connectivity index (χ1) is 8.31. The molecule has 18 heavy (non-hydrogen) atoms. The summed E-state index contributed by atoms with van der Waals surface area (Å²) in [5, 5.41) is 0. The Morgan fingerprint density at radius 1 is 1.33 bits per heavy atom. The zero-order valence-corrected chi connectivity index (χ0v) is 10.2. The quantitative estimate of drug-likeness (QED) is 0.769. The molecule has 1 heterocycles. The first-order valence-electron chi connectivity index (χ1n) is 5.60. The predicted octanol–water partition coefficient (Wildman–Crippen LogP) is 2.16. The van der Waals surface area contributed by atoms with Gasteiger partial charge in [-0.3, -0.25) is 9.59 Å². The van der Waals surface area contributed by atoms with Crippen LogP contribution in [0.25, 0.3) is 0 Å². The first-order valence-corrected chi connectivity index (χ1v) is 5.60. The summed E-state index contributed by atoms with van der Waals surface area (Å²) in [4.78, 5) is 24.9. The van der Waals surface area contributed by atoms with Crippen molar-refractivity contribution in [1.82, 2.24) is 4.90 Å². The molecule has 1 aromatic rings. The molecule has 1 amide bonds. The largest absolute Gasteiger partial charge is 0.326 e. The van der Waals surface area contributed by atoms with Crippen LogP contribution in [0, 0.1) is 11.6 Å². The molecule has 0 spiro atoms. The fourth-order valence-electron chi connectivity index (χ4n) is 2.18. The fraction of sp³-hybridized carbons (Fsp3) is 0.385. The summed E-state index contributed by atoms with van der Waals surface area (Å²) in [6.45, 7) is 3.47. The third-order valence-corrected chi connectivity index (χ3v) is 3.10. The summed E-state index contributed by atoms with van der Waals surface area (Å²) in [6, 6.07) is 2.80. The molecule has 0 atom stereocenters. The van der Waals surface area contributed by atoms with E-state index in [2.05, 4.69) is 0 Å². The van der Waals surface area contributed by atoms with Crippen LogP contribution in [0.5, 0.6) is 0 Å². The third-order valence-electron chi connectivity index (χ3n) is 3.10. The Hall–Kier alpha value is -1.78. The fourth-order valence-corrected chi connectivity index (χ4v) is 2.18. The minimum Gasteiger partial charge on any atom is -0.326 e. The molecule has 0 radical (unpaired) electrons. The lowest BCUT2D eigenvalue weighted by molar-refractivity contribution is -0.116. The molecule has 96 valence electrons. The standard InChI is InChI=1S/C13H13F2NO2/c1-13(2)6-9(17)7-16(13)12(18)10-4-3-8(14)5-11(10)15/h3-5H,6-7H2,1-2H3. The molecule has 1 saturated heterocycles. The number of hydrogen-bond donors (Lipinski definition) is 0. The molecule has 0 unspecified atom stereocenters. The molecule has 1 aliphatic rings. The van der Waals surface area contributed by atoms with E-state index in [9.17, 15) is 18.4 Å². The van der Waals surface area contributed by atoms with E-state index in [1.54, 1.807) is 13.8 Å². The van der Waals surface area contributed by atoms with Crippen LogP contribution in [-0.2, 0) is 4.79 Å². The van der Waals surface area contributed by atoms with Gasteiger partial charge in [-0.15, -0.1) is 0 Å². The molecule has 0 saturated carbocycles. The summed E-state index contributed by atoms with van der Waals surface area (Å²) in [5.74, 6) is -2.28. The Morgan fingerprint density at radius 3 is 2.50 bits per heavy atom. The van der Waals surface area contributed by atoms with Gasteiger partial charge in [0.05, 0.1) is 12.1 Å². The number of amides is 1. The van der Waals surface area contributed by atoms with Gasteiger partial charge >= 0.3 is 0 Å². The highest BCUT2D eigenvalue weighted by atomic mass is 19.1. The highest BCUT2D eigenvalue weighted by molar-refractivity contribution is 5.99. The smallest absolute Gasteiger partial charge is 0.257 e. The lowest BCUT2D eigenvalue weighted by atomic mass is 10.0. The van der Waals surface area contributed by atoms with Crippen molar-refractivity contribution >= 4 is 11.7 Å². The van der Waals surface area contributed by atoms with E-state index < -0.39 is 23.1 Å². The number of Topliss-reactive ketones (excluding diaryl/α,β-unsaturated/α-hetero) is 1. The van der Waals surface area contributed by atoms with Crippen LogP contribution in [0.15, 0.2) is 18.2 Å². The maximum atomic E-state index is 13.5. The maximum absolute atomic E-state index is 13.5. The van der Waals surface area contributed by atoms with Gasteiger partial charge in [-0.05, 0) is 26.0 Å². The average Bonchev–Trinajstić information content (AvgIpc) is 2.51. The first kappa shape index (κ1) is 12.7. The number of carbonyl (C=O) groups excluding carboxylic acids is 2. The second kappa shape index (κ2) is 4.15. The summed E-state index contributed by atoms with van der Waals surface area (Å²) in [6.07, 6.45) is 0.252. The topological polar surface area (TPSA) is 37.4 Å². The van der Waals surface area contributed by atoms with Crippen LogP contribution >= 0.6 is 0 Å². The molecule has 1 fully saturated rings. The Balaban J connectivity index is 2.34.